The van der Waals surface area contributed by atoms with E-state index in [-0.39, 0.29) is 0 Å². The molecule has 23 heavy (non-hydrogen) atoms. The largest absolute Gasteiger partial charge is 0.346 e. The number of hydrogen-bond donors (Lipinski definition) is 0. The Bertz CT molecular complexity index is 286. The van der Waals surface area contributed by atoms with Crippen molar-refractivity contribution in [3.8, 4) is 0 Å². The first-order valence-corrected chi connectivity index (χ1v) is 10.1. The van der Waals surface area contributed by atoms with Crippen LogP contribution in [0.5, 0.6) is 0 Å². The number of amides is 1. The van der Waals surface area contributed by atoms with Gasteiger partial charge < -0.3 is 4.90 Å². The van der Waals surface area contributed by atoms with Crippen molar-refractivity contribution in [2.75, 3.05) is 13.6 Å². The van der Waals surface area contributed by atoms with Gasteiger partial charge in [-0.25, -0.2) is 0 Å². The molecule has 136 valence electrons. The molecule has 0 aromatic heterocycles. The van der Waals surface area contributed by atoms with Gasteiger partial charge in [0.15, 0.2) is 0 Å². The van der Waals surface area contributed by atoms with Crippen molar-refractivity contribution >= 4 is 5.91 Å². The fourth-order valence-electron chi connectivity index (χ4n) is 2.71. The average molecular weight is 324 g/mol. The molecule has 2 heteroatoms. The molecule has 0 saturated heterocycles. The summed E-state index contributed by atoms with van der Waals surface area (Å²) >= 11 is 0. The Morgan fingerprint density at radius 3 is 1.74 bits per heavy atom. The van der Waals surface area contributed by atoms with Crippen molar-refractivity contribution in [1.29, 1.82) is 0 Å². The molecule has 0 aromatic rings. The van der Waals surface area contributed by atoms with Gasteiger partial charge >= 0.3 is 0 Å². The average Bonchev–Trinajstić information content (AvgIpc) is 2.57. The molecule has 0 aliphatic heterocycles. The highest BCUT2D eigenvalue weighted by Gasteiger charge is 2.04. The monoisotopic (exact) mass is 323 g/mol. The van der Waals surface area contributed by atoms with Crippen LogP contribution in [-0.2, 0) is 4.79 Å². The number of hydrogen-bond acceptors (Lipinski definition) is 1. The summed E-state index contributed by atoms with van der Waals surface area (Å²) in [7, 11) is 1.89. The molecule has 0 atom stereocenters. The normalized spacial score (nSPS) is 11.3. The summed E-state index contributed by atoms with van der Waals surface area (Å²) < 4.78 is 0. The van der Waals surface area contributed by atoms with Gasteiger partial charge in [-0.2, -0.15) is 0 Å². The molecule has 0 saturated carbocycles. The minimum absolute atomic E-state index is 0.296. The standard InChI is InChI=1S/C21H41NO/c1-4-6-7-8-9-10-11-12-13-14-15-16-17-18-19-20-21(23)22(3)5-2/h12-13H,4-11,14-20H2,1-3H3. The Morgan fingerprint density at radius 1 is 0.739 bits per heavy atom. The van der Waals surface area contributed by atoms with Crippen LogP contribution in [-0.4, -0.2) is 24.4 Å². The number of rotatable bonds is 16. The lowest BCUT2D eigenvalue weighted by atomic mass is 10.1. The fourth-order valence-corrected chi connectivity index (χ4v) is 2.71. The second-order valence-corrected chi connectivity index (χ2v) is 6.74. The van der Waals surface area contributed by atoms with Crippen molar-refractivity contribution in [3.05, 3.63) is 12.2 Å². The summed E-state index contributed by atoms with van der Waals surface area (Å²) in [6.07, 6.45) is 22.4. The molecule has 0 aromatic carbocycles. The Hall–Kier alpha value is -0.790. The minimum atomic E-state index is 0.296. The fraction of sp³-hybridized carbons (Fsp3) is 0.857. The van der Waals surface area contributed by atoms with E-state index in [1.807, 2.05) is 18.9 Å². The third-order valence-electron chi connectivity index (χ3n) is 4.55. The third-order valence-corrected chi connectivity index (χ3v) is 4.55. The topological polar surface area (TPSA) is 20.3 Å². The molecule has 0 heterocycles. The second-order valence-electron chi connectivity index (χ2n) is 6.74. The molecule has 0 spiro atoms. The van der Waals surface area contributed by atoms with E-state index in [1.165, 1.54) is 77.0 Å². The first-order chi connectivity index (χ1) is 11.2. The molecule has 0 bridgehead atoms. The SMILES string of the molecule is CCCCCCCCC=CCCCCCCCC(=O)N(C)CC. The maximum atomic E-state index is 11.6. The maximum absolute atomic E-state index is 11.6. The third kappa shape index (κ3) is 15.9. The number of unbranched alkanes of at least 4 members (excludes halogenated alkanes) is 11. The van der Waals surface area contributed by atoms with Crippen LogP contribution < -0.4 is 0 Å². The number of carbonyl (C=O) groups excluding carboxylic acids is 1. The van der Waals surface area contributed by atoms with E-state index in [9.17, 15) is 4.79 Å². The Kier molecular flexibility index (Phi) is 17.0. The van der Waals surface area contributed by atoms with E-state index in [1.54, 1.807) is 0 Å². The van der Waals surface area contributed by atoms with E-state index in [0.717, 1.165) is 19.4 Å². The molecule has 0 N–H and O–H groups in total. The van der Waals surface area contributed by atoms with E-state index in [4.69, 9.17) is 0 Å². The van der Waals surface area contributed by atoms with Crippen LogP contribution in [0.3, 0.4) is 0 Å². The van der Waals surface area contributed by atoms with Crippen LogP contribution in [0, 0.1) is 0 Å². The molecular weight excluding hydrogens is 282 g/mol. The Balaban J connectivity index is 3.21. The van der Waals surface area contributed by atoms with Gasteiger partial charge in [0, 0.05) is 20.0 Å². The van der Waals surface area contributed by atoms with Crippen LogP contribution >= 0.6 is 0 Å². The van der Waals surface area contributed by atoms with Crippen LogP contribution in [0.4, 0.5) is 0 Å². The quantitative estimate of drug-likeness (QED) is 0.234. The van der Waals surface area contributed by atoms with Crippen molar-refractivity contribution in [1.82, 2.24) is 4.90 Å². The van der Waals surface area contributed by atoms with E-state index in [2.05, 4.69) is 19.1 Å². The van der Waals surface area contributed by atoms with Gasteiger partial charge in [-0.3, -0.25) is 4.79 Å². The Labute approximate surface area is 145 Å². The zero-order valence-corrected chi connectivity index (χ0v) is 16.1. The molecule has 1 amide bonds. The van der Waals surface area contributed by atoms with Gasteiger partial charge in [0.25, 0.3) is 0 Å². The van der Waals surface area contributed by atoms with E-state index in [0.29, 0.717) is 5.91 Å². The summed E-state index contributed by atoms with van der Waals surface area (Å²) in [6.45, 7) is 5.12. The maximum Gasteiger partial charge on any atom is 0.222 e. The lowest BCUT2D eigenvalue weighted by molar-refractivity contribution is -0.129. The van der Waals surface area contributed by atoms with Crippen LogP contribution in [0.25, 0.3) is 0 Å². The molecule has 0 fully saturated rings. The minimum Gasteiger partial charge on any atom is -0.346 e. The zero-order valence-electron chi connectivity index (χ0n) is 16.1. The van der Waals surface area contributed by atoms with Gasteiger partial charge in [0.1, 0.15) is 0 Å². The molecular formula is C21H41NO. The van der Waals surface area contributed by atoms with Crippen LogP contribution in [0.15, 0.2) is 12.2 Å². The predicted molar refractivity (Wildman–Crippen MR) is 103 cm³/mol. The highest BCUT2D eigenvalue weighted by molar-refractivity contribution is 5.75. The van der Waals surface area contributed by atoms with Gasteiger partial charge in [0.2, 0.25) is 5.91 Å². The first kappa shape index (κ1) is 22.2. The van der Waals surface area contributed by atoms with Crippen LogP contribution in [0.1, 0.15) is 104 Å². The number of carbonyl (C=O) groups is 1. The highest BCUT2D eigenvalue weighted by Crippen LogP contribution is 2.10. The second kappa shape index (κ2) is 17.6. The number of allylic oxidation sites excluding steroid dienone is 2. The van der Waals surface area contributed by atoms with Gasteiger partial charge in [0.05, 0.1) is 0 Å². The van der Waals surface area contributed by atoms with Crippen molar-refractivity contribution in [2.24, 2.45) is 0 Å². The van der Waals surface area contributed by atoms with E-state index >= 15 is 0 Å². The van der Waals surface area contributed by atoms with E-state index < -0.39 is 0 Å². The van der Waals surface area contributed by atoms with Crippen LogP contribution in [0.2, 0.25) is 0 Å². The molecule has 0 aliphatic carbocycles. The summed E-state index contributed by atoms with van der Waals surface area (Å²) in [5.41, 5.74) is 0. The lowest BCUT2D eigenvalue weighted by Gasteiger charge is -2.13. The summed E-state index contributed by atoms with van der Waals surface area (Å²) in [5, 5.41) is 0. The predicted octanol–water partition coefficient (Wildman–Crippen LogP) is 6.50. The molecule has 0 radical (unpaired) electrons. The summed E-state index contributed by atoms with van der Waals surface area (Å²) in [6, 6.07) is 0. The Morgan fingerprint density at radius 2 is 1.22 bits per heavy atom. The van der Waals surface area contributed by atoms with Gasteiger partial charge in [-0.15, -0.1) is 0 Å². The molecule has 0 aliphatic rings. The lowest BCUT2D eigenvalue weighted by Crippen LogP contribution is -2.25. The summed E-state index contributed by atoms with van der Waals surface area (Å²) in [4.78, 5) is 13.4. The molecule has 2 nitrogen and oxygen atoms in total. The smallest absolute Gasteiger partial charge is 0.222 e. The van der Waals surface area contributed by atoms with Crippen molar-refractivity contribution < 1.29 is 4.79 Å². The van der Waals surface area contributed by atoms with Crippen molar-refractivity contribution in [2.45, 2.75) is 104 Å². The molecule has 0 unspecified atom stereocenters. The van der Waals surface area contributed by atoms with Gasteiger partial charge in [-0.1, -0.05) is 70.4 Å². The van der Waals surface area contributed by atoms with Crippen molar-refractivity contribution in [3.63, 3.8) is 0 Å². The zero-order chi connectivity index (χ0) is 17.2. The highest BCUT2D eigenvalue weighted by atomic mass is 16.2. The number of nitrogens with zero attached hydrogens (tertiary/aromatic N) is 1. The first-order valence-electron chi connectivity index (χ1n) is 10.1. The molecule has 0 rings (SSSR count). The van der Waals surface area contributed by atoms with Gasteiger partial charge in [-0.05, 0) is 39.0 Å². The summed E-state index contributed by atoms with van der Waals surface area (Å²) in [5.74, 6) is 0.296.